The summed E-state index contributed by atoms with van der Waals surface area (Å²) in [4.78, 5) is 32.6. The number of hydrogen-bond acceptors (Lipinski definition) is 5. The fourth-order valence-corrected chi connectivity index (χ4v) is 1.81. The van der Waals surface area contributed by atoms with Crippen LogP contribution in [0.3, 0.4) is 0 Å². The van der Waals surface area contributed by atoms with Crippen LogP contribution in [0.25, 0.3) is 10.9 Å². The summed E-state index contributed by atoms with van der Waals surface area (Å²) in [5.74, 6) is -2.30. The summed E-state index contributed by atoms with van der Waals surface area (Å²) in [6.45, 7) is 1.72. The predicted molar refractivity (Wildman–Crippen MR) is 58.9 cm³/mol. The van der Waals surface area contributed by atoms with Crippen molar-refractivity contribution in [2.75, 3.05) is 0 Å². The van der Waals surface area contributed by atoms with Gasteiger partial charge in [0.15, 0.2) is 5.15 Å². The van der Waals surface area contributed by atoms with Gasteiger partial charge in [0.1, 0.15) is 0 Å². The van der Waals surface area contributed by atoms with E-state index in [-0.39, 0.29) is 10.7 Å². The third-order valence-electron chi connectivity index (χ3n) is 2.37. The average Bonchev–Trinajstić information content (AvgIpc) is 2.77. The van der Waals surface area contributed by atoms with E-state index in [4.69, 9.17) is 16.9 Å². The predicted octanol–water partition coefficient (Wildman–Crippen LogP) is 1.72. The number of H-pyrrole nitrogens is 1. The van der Waals surface area contributed by atoms with Crippen LogP contribution >= 0.6 is 11.6 Å². The third-order valence-corrected chi connectivity index (χ3v) is 2.65. The minimum atomic E-state index is -1.35. The minimum Gasteiger partial charge on any atom is -0.358 e. The lowest BCUT2D eigenvalue weighted by Crippen LogP contribution is -2.15. The number of rotatable bonds is 2. The lowest BCUT2D eigenvalue weighted by Gasteiger charge is -2.00. The van der Waals surface area contributed by atoms with Gasteiger partial charge >= 0.3 is 5.97 Å². The summed E-state index contributed by atoms with van der Waals surface area (Å²) in [7, 11) is 0. The largest absolute Gasteiger partial charge is 0.413 e. The molecule has 2 N–H and O–H groups in total. The molecule has 0 aliphatic rings. The van der Waals surface area contributed by atoms with Crippen LogP contribution in [-0.2, 0) is 9.68 Å². The number of fused-ring (bicyclic) bond motifs is 1. The molecule has 2 rings (SSSR count). The number of nitrogens with one attached hydrogen (secondary N) is 1. The molecule has 0 fully saturated rings. The quantitative estimate of drug-likeness (QED) is 0.280. The van der Waals surface area contributed by atoms with Gasteiger partial charge in [0.2, 0.25) is 0 Å². The van der Waals surface area contributed by atoms with Crippen molar-refractivity contribution in [3.05, 3.63) is 28.7 Å². The molecule has 2 heterocycles. The SMILES string of the molecule is Cc1cnc(Cl)c2[nH]cc(C(=O)C(=O)OO)c12. The molecule has 0 spiro atoms. The van der Waals surface area contributed by atoms with Crippen LogP contribution in [0, 0.1) is 6.92 Å². The second-order valence-corrected chi connectivity index (χ2v) is 3.75. The second-order valence-electron chi connectivity index (χ2n) is 3.39. The van der Waals surface area contributed by atoms with Crippen LogP contribution < -0.4 is 0 Å². The number of nitrogens with zero attached hydrogens (tertiary/aromatic N) is 1. The van der Waals surface area contributed by atoms with E-state index in [1.165, 1.54) is 12.4 Å². The Balaban J connectivity index is 2.68. The molecule has 0 aliphatic heterocycles. The Bertz CT molecular complexity index is 620. The molecule has 2 aromatic heterocycles. The number of carbonyl (C=O) groups is 2. The fraction of sp³-hybridized carbons (Fsp3) is 0.100. The highest BCUT2D eigenvalue weighted by atomic mass is 35.5. The normalized spacial score (nSPS) is 10.5. The third kappa shape index (κ3) is 1.77. The van der Waals surface area contributed by atoms with Gasteiger partial charge in [-0.2, -0.15) is 5.26 Å². The van der Waals surface area contributed by atoms with E-state index in [0.29, 0.717) is 16.5 Å². The van der Waals surface area contributed by atoms with Crippen molar-refractivity contribution >= 4 is 34.3 Å². The van der Waals surface area contributed by atoms with Crippen molar-refractivity contribution in [3.63, 3.8) is 0 Å². The number of hydrogen-bond donors (Lipinski definition) is 2. The summed E-state index contributed by atoms with van der Waals surface area (Å²) in [6, 6.07) is 0. The molecule has 7 heteroatoms. The Morgan fingerprint density at radius 2 is 2.24 bits per heavy atom. The average molecular weight is 255 g/mol. The molecular weight excluding hydrogens is 248 g/mol. The van der Waals surface area contributed by atoms with E-state index >= 15 is 0 Å². The summed E-state index contributed by atoms with van der Waals surface area (Å²) in [5, 5.41) is 8.86. The Morgan fingerprint density at radius 3 is 2.88 bits per heavy atom. The van der Waals surface area contributed by atoms with Crippen molar-refractivity contribution in [3.8, 4) is 0 Å². The Labute approximate surface area is 100 Å². The van der Waals surface area contributed by atoms with Gasteiger partial charge < -0.3 is 4.98 Å². The molecule has 0 saturated carbocycles. The topological polar surface area (TPSA) is 92.3 Å². The van der Waals surface area contributed by atoms with E-state index < -0.39 is 11.8 Å². The van der Waals surface area contributed by atoms with Gasteiger partial charge in [0, 0.05) is 17.8 Å². The molecule has 0 saturated heterocycles. The maximum absolute atomic E-state index is 11.6. The highest BCUT2D eigenvalue weighted by Crippen LogP contribution is 2.26. The number of ketones is 1. The Hall–Kier alpha value is -1.92. The molecule has 0 bridgehead atoms. The van der Waals surface area contributed by atoms with Gasteiger partial charge in [-0.15, -0.1) is 0 Å². The molecule has 0 aliphatic carbocycles. The van der Waals surface area contributed by atoms with Crippen LogP contribution in [0.1, 0.15) is 15.9 Å². The van der Waals surface area contributed by atoms with Gasteiger partial charge in [-0.1, -0.05) is 11.6 Å². The summed E-state index contributed by atoms with van der Waals surface area (Å²) < 4.78 is 0. The second kappa shape index (κ2) is 4.15. The van der Waals surface area contributed by atoms with Gasteiger partial charge in [-0.3, -0.25) is 9.68 Å². The molecular formula is C10H7ClN2O4. The number of Topliss-reactive ketones (excluding diaryl/α,β-unsaturated/α-hetero) is 1. The van der Waals surface area contributed by atoms with Gasteiger partial charge in [0.25, 0.3) is 5.78 Å². The monoisotopic (exact) mass is 254 g/mol. The minimum absolute atomic E-state index is 0.0841. The van der Waals surface area contributed by atoms with Crippen LogP contribution in [0.4, 0.5) is 0 Å². The Kier molecular flexibility index (Phi) is 2.83. The van der Waals surface area contributed by atoms with Crippen molar-refractivity contribution in [1.29, 1.82) is 0 Å². The van der Waals surface area contributed by atoms with E-state index in [0.717, 1.165) is 0 Å². The molecule has 0 aromatic carbocycles. The number of aromatic amines is 1. The number of pyridine rings is 1. The standard InChI is InChI=1S/C10H7ClN2O4/c1-4-2-13-9(11)7-6(4)5(3-12-7)8(14)10(15)17-16/h2-3,12,16H,1H3. The van der Waals surface area contributed by atoms with Crippen LogP contribution in [-0.4, -0.2) is 27.0 Å². The van der Waals surface area contributed by atoms with E-state index in [1.54, 1.807) is 6.92 Å². The first-order chi connectivity index (χ1) is 8.06. The fourth-order valence-electron chi connectivity index (χ4n) is 1.61. The smallest absolute Gasteiger partial charge is 0.358 e. The van der Waals surface area contributed by atoms with Crippen molar-refractivity contribution in [1.82, 2.24) is 9.97 Å². The first-order valence-electron chi connectivity index (χ1n) is 4.58. The maximum Gasteiger partial charge on any atom is 0.413 e. The number of aryl methyl sites for hydroxylation is 1. The summed E-state index contributed by atoms with van der Waals surface area (Å²) >= 11 is 5.84. The summed E-state index contributed by atoms with van der Waals surface area (Å²) in [5.41, 5.74) is 1.22. The highest BCUT2D eigenvalue weighted by Gasteiger charge is 2.23. The molecule has 0 atom stereocenters. The zero-order valence-electron chi connectivity index (χ0n) is 8.65. The lowest BCUT2D eigenvalue weighted by atomic mass is 10.1. The summed E-state index contributed by atoms with van der Waals surface area (Å²) in [6.07, 6.45) is 2.81. The van der Waals surface area contributed by atoms with E-state index in [1.807, 2.05) is 0 Å². The first kappa shape index (κ1) is 11.6. The van der Waals surface area contributed by atoms with Gasteiger partial charge in [-0.05, 0) is 12.5 Å². The van der Waals surface area contributed by atoms with Crippen LogP contribution in [0.15, 0.2) is 12.4 Å². The van der Waals surface area contributed by atoms with Gasteiger partial charge in [-0.25, -0.2) is 9.78 Å². The number of halogens is 1. The van der Waals surface area contributed by atoms with Crippen LogP contribution in [0.2, 0.25) is 5.15 Å². The molecule has 88 valence electrons. The molecule has 0 radical (unpaired) electrons. The molecule has 2 aromatic rings. The number of carbonyl (C=O) groups excluding carboxylic acids is 2. The van der Waals surface area contributed by atoms with E-state index in [2.05, 4.69) is 14.9 Å². The molecule has 0 unspecified atom stereocenters. The highest BCUT2D eigenvalue weighted by molar-refractivity contribution is 6.43. The zero-order valence-corrected chi connectivity index (χ0v) is 9.41. The molecule has 17 heavy (non-hydrogen) atoms. The maximum atomic E-state index is 11.6. The zero-order chi connectivity index (χ0) is 12.6. The van der Waals surface area contributed by atoms with Crippen molar-refractivity contribution in [2.24, 2.45) is 0 Å². The Morgan fingerprint density at radius 1 is 1.53 bits per heavy atom. The van der Waals surface area contributed by atoms with Crippen molar-refractivity contribution < 1.29 is 19.7 Å². The number of aromatic nitrogens is 2. The first-order valence-corrected chi connectivity index (χ1v) is 4.96. The van der Waals surface area contributed by atoms with Gasteiger partial charge in [0.05, 0.1) is 11.1 Å². The van der Waals surface area contributed by atoms with Crippen LogP contribution in [0.5, 0.6) is 0 Å². The molecule has 6 nitrogen and oxygen atoms in total. The lowest BCUT2D eigenvalue weighted by molar-refractivity contribution is -0.227. The molecule has 0 amide bonds. The van der Waals surface area contributed by atoms with E-state index in [9.17, 15) is 9.59 Å². The van der Waals surface area contributed by atoms with Crippen molar-refractivity contribution in [2.45, 2.75) is 6.92 Å².